The molecule has 1 aliphatic carbocycles. The summed E-state index contributed by atoms with van der Waals surface area (Å²) in [5, 5.41) is 12.7. The minimum absolute atomic E-state index is 0.0281. The number of nitrogens with one attached hydrogen (secondary N) is 1. The highest BCUT2D eigenvalue weighted by atomic mass is 32.2. The maximum absolute atomic E-state index is 13.5. The second-order valence-corrected chi connectivity index (χ2v) is 10.3. The molecular formula is C27H29N5O2S. The molecular weight excluding hydrogens is 458 g/mol. The minimum Gasteiger partial charge on any atom is -0.355 e. The van der Waals surface area contributed by atoms with E-state index in [-0.39, 0.29) is 16.7 Å². The van der Waals surface area contributed by atoms with Crippen molar-refractivity contribution in [1.82, 2.24) is 24.5 Å². The number of nitrogens with zero attached hydrogens (tertiary/aromatic N) is 4. The number of thioether (sulfide) groups is 1. The van der Waals surface area contributed by atoms with Crippen LogP contribution in [-0.4, -0.2) is 36.9 Å². The topological polar surface area (TPSA) is 81.3 Å². The van der Waals surface area contributed by atoms with E-state index in [1.165, 1.54) is 30.2 Å². The second-order valence-electron chi connectivity index (χ2n) is 8.97. The highest BCUT2D eigenvalue weighted by Gasteiger charge is 2.22. The summed E-state index contributed by atoms with van der Waals surface area (Å²) in [6.45, 7) is 4.49. The average Bonchev–Trinajstić information content (AvgIpc) is 3.29. The molecule has 4 aromatic rings. The first-order valence-corrected chi connectivity index (χ1v) is 13.0. The molecule has 180 valence electrons. The quantitative estimate of drug-likeness (QED) is 0.298. The monoisotopic (exact) mass is 487 g/mol. The van der Waals surface area contributed by atoms with Crippen LogP contribution in [0.4, 0.5) is 0 Å². The van der Waals surface area contributed by atoms with Crippen LogP contribution in [0.1, 0.15) is 44.6 Å². The van der Waals surface area contributed by atoms with Crippen molar-refractivity contribution in [3.63, 3.8) is 0 Å². The van der Waals surface area contributed by atoms with E-state index in [4.69, 9.17) is 0 Å². The summed E-state index contributed by atoms with van der Waals surface area (Å²) in [5.41, 5.74) is 3.75. The Morgan fingerprint density at radius 1 is 1.11 bits per heavy atom. The molecule has 1 aliphatic rings. The van der Waals surface area contributed by atoms with Gasteiger partial charge in [0.2, 0.25) is 11.7 Å². The molecule has 2 aromatic carbocycles. The van der Waals surface area contributed by atoms with Gasteiger partial charge in [-0.1, -0.05) is 53.7 Å². The number of aromatic nitrogens is 4. The predicted molar refractivity (Wildman–Crippen MR) is 140 cm³/mol. The number of aryl methyl sites for hydroxylation is 1. The van der Waals surface area contributed by atoms with Gasteiger partial charge in [-0.2, -0.15) is 0 Å². The highest BCUT2D eigenvalue weighted by Crippen LogP contribution is 2.27. The fraction of sp³-hybridized carbons (Fsp3) is 0.333. The van der Waals surface area contributed by atoms with Gasteiger partial charge in [-0.3, -0.25) is 14.0 Å². The van der Waals surface area contributed by atoms with Crippen molar-refractivity contribution in [3.8, 4) is 5.69 Å². The number of para-hydroxylation sites is 2. The Labute approximate surface area is 208 Å². The fourth-order valence-corrected chi connectivity index (χ4v) is 5.50. The first kappa shape index (κ1) is 23.4. The number of hydrogen-bond donors (Lipinski definition) is 1. The van der Waals surface area contributed by atoms with Crippen LogP contribution in [0.2, 0.25) is 0 Å². The zero-order chi connectivity index (χ0) is 24.4. The molecule has 7 nitrogen and oxygen atoms in total. The SMILES string of the molecule is Cc1ccccc1-n1c(=O)c2ccccc2n2c(SC(C)C(=O)NCCC3=CCCCC3)nnc12. The lowest BCUT2D eigenvalue weighted by atomic mass is 9.97. The van der Waals surface area contributed by atoms with Gasteiger partial charge in [-0.15, -0.1) is 10.2 Å². The zero-order valence-corrected chi connectivity index (χ0v) is 20.8. The zero-order valence-electron chi connectivity index (χ0n) is 20.0. The molecule has 0 aliphatic heterocycles. The van der Waals surface area contributed by atoms with Gasteiger partial charge in [-0.05, 0) is 69.7 Å². The Morgan fingerprint density at radius 2 is 1.91 bits per heavy atom. The van der Waals surface area contributed by atoms with E-state index in [2.05, 4.69) is 21.6 Å². The molecule has 2 heterocycles. The third-order valence-electron chi connectivity index (χ3n) is 6.53. The number of hydrogen-bond acceptors (Lipinski definition) is 5. The number of amides is 1. The molecule has 2 aromatic heterocycles. The molecule has 0 saturated heterocycles. The smallest absolute Gasteiger partial charge is 0.267 e. The summed E-state index contributed by atoms with van der Waals surface area (Å²) >= 11 is 1.35. The van der Waals surface area contributed by atoms with Crippen LogP contribution in [0.3, 0.4) is 0 Å². The van der Waals surface area contributed by atoms with Crippen molar-refractivity contribution in [2.45, 2.75) is 56.4 Å². The van der Waals surface area contributed by atoms with Crippen molar-refractivity contribution in [1.29, 1.82) is 0 Å². The highest BCUT2D eigenvalue weighted by molar-refractivity contribution is 8.00. The van der Waals surface area contributed by atoms with Crippen LogP contribution in [0.15, 0.2) is 70.1 Å². The molecule has 1 atom stereocenters. The van der Waals surface area contributed by atoms with Gasteiger partial charge in [0, 0.05) is 6.54 Å². The molecule has 1 amide bonds. The van der Waals surface area contributed by atoms with Crippen LogP contribution >= 0.6 is 11.8 Å². The summed E-state index contributed by atoms with van der Waals surface area (Å²) in [4.78, 5) is 26.3. The lowest BCUT2D eigenvalue weighted by Crippen LogP contribution is -2.32. The summed E-state index contributed by atoms with van der Waals surface area (Å²) in [5.74, 6) is 0.405. The first-order chi connectivity index (χ1) is 17.0. The summed E-state index contributed by atoms with van der Waals surface area (Å²) < 4.78 is 3.49. The Bertz CT molecular complexity index is 1490. The molecule has 0 spiro atoms. The number of rotatable bonds is 7. The Balaban J connectivity index is 1.46. The van der Waals surface area contributed by atoms with Gasteiger partial charge in [0.1, 0.15) is 0 Å². The third kappa shape index (κ3) is 4.62. The maximum atomic E-state index is 13.5. The molecule has 0 fully saturated rings. The number of benzene rings is 2. The third-order valence-corrected chi connectivity index (χ3v) is 7.58. The average molecular weight is 488 g/mol. The normalized spacial score (nSPS) is 14.7. The molecule has 35 heavy (non-hydrogen) atoms. The van der Waals surface area contributed by atoms with Crippen LogP contribution in [0.25, 0.3) is 22.4 Å². The van der Waals surface area contributed by atoms with Crippen LogP contribution in [-0.2, 0) is 4.79 Å². The number of carbonyl (C=O) groups is 1. The molecule has 1 unspecified atom stereocenters. The van der Waals surface area contributed by atoms with Crippen LogP contribution in [0, 0.1) is 6.92 Å². The van der Waals surface area contributed by atoms with E-state index < -0.39 is 0 Å². The van der Waals surface area contributed by atoms with Gasteiger partial charge in [-0.25, -0.2) is 4.57 Å². The lowest BCUT2D eigenvalue weighted by molar-refractivity contribution is -0.120. The standard InChI is InChI=1S/C27H29N5O2S/c1-18-10-6-8-14-22(18)31-25(34)21-13-7-9-15-23(21)32-26(31)29-30-27(32)35-19(2)24(33)28-17-16-20-11-4-3-5-12-20/h6-11,13-15,19H,3-5,12,16-17H2,1-2H3,(H,28,33). The lowest BCUT2D eigenvalue weighted by Gasteiger charge is -2.15. The summed E-state index contributed by atoms with van der Waals surface area (Å²) in [6, 6.07) is 15.2. The van der Waals surface area contributed by atoms with E-state index in [0.29, 0.717) is 22.9 Å². The predicted octanol–water partition coefficient (Wildman–Crippen LogP) is 4.83. The number of fused-ring (bicyclic) bond motifs is 3. The minimum atomic E-state index is -0.361. The van der Waals surface area contributed by atoms with Crippen molar-refractivity contribution >= 4 is 34.3 Å². The summed E-state index contributed by atoms with van der Waals surface area (Å²) in [7, 11) is 0. The largest absolute Gasteiger partial charge is 0.355 e. The molecule has 0 bridgehead atoms. The molecule has 8 heteroatoms. The Morgan fingerprint density at radius 3 is 2.71 bits per heavy atom. The van der Waals surface area contributed by atoms with Crippen molar-refractivity contribution in [2.75, 3.05) is 6.54 Å². The van der Waals surface area contributed by atoms with E-state index in [9.17, 15) is 9.59 Å². The number of allylic oxidation sites excluding steroid dienone is 1. The Hall–Kier alpha value is -3.39. The number of carbonyl (C=O) groups excluding carboxylic acids is 1. The van der Waals surface area contributed by atoms with E-state index in [1.807, 2.05) is 66.8 Å². The van der Waals surface area contributed by atoms with E-state index in [1.54, 1.807) is 4.57 Å². The molecule has 0 radical (unpaired) electrons. The van der Waals surface area contributed by atoms with E-state index in [0.717, 1.165) is 36.0 Å². The second kappa shape index (κ2) is 10.1. The molecule has 5 rings (SSSR count). The van der Waals surface area contributed by atoms with Gasteiger partial charge >= 0.3 is 0 Å². The van der Waals surface area contributed by atoms with Crippen LogP contribution < -0.4 is 10.9 Å². The first-order valence-electron chi connectivity index (χ1n) is 12.1. The van der Waals surface area contributed by atoms with Gasteiger partial charge in [0.05, 0.1) is 21.8 Å². The van der Waals surface area contributed by atoms with Gasteiger partial charge in [0.25, 0.3) is 5.56 Å². The maximum Gasteiger partial charge on any atom is 0.267 e. The van der Waals surface area contributed by atoms with Crippen molar-refractivity contribution in [3.05, 3.63) is 76.1 Å². The van der Waals surface area contributed by atoms with Crippen LogP contribution in [0.5, 0.6) is 0 Å². The van der Waals surface area contributed by atoms with Crippen molar-refractivity contribution in [2.24, 2.45) is 0 Å². The van der Waals surface area contributed by atoms with Gasteiger partial charge in [0.15, 0.2) is 5.16 Å². The summed E-state index contributed by atoms with van der Waals surface area (Å²) in [6.07, 6.45) is 8.02. The van der Waals surface area contributed by atoms with Crippen molar-refractivity contribution < 1.29 is 4.79 Å². The molecule has 0 saturated carbocycles. The molecule has 1 N–H and O–H groups in total. The van der Waals surface area contributed by atoms with E-state index >= 15 is 0 Å². The fourth-order valence-electron chi connectivity index (χ4n) is 4.62. The van der Waals surface area contributed by atoms with Gasteiger partial charge < -0.3 is 5.32 Å². The Kier molecular flexibility index (Phi) is 6.72.